The number of hydrogen-bond acceptors (Lipinski definition) is 2. The molecule has 2 heteroatoms. The first kappa shape index (κ1) is 16.2. The van der Waals surface area contributed by atoms with Crippen LogP contribution in [0.1, 0.15) is 21.6 Å². The highest BCUT2D eigenvalue weighted by molar-refractivity contribution is 5.99. The van der Waals surface area contributed by atoms with E-state index in [1.54, 1.807) is 0 Å². The molecule has 4 aromatic rings. The van der Waals surface area contributed by atoms with E-state index < -0.39 is 0 Å². The molecule has 1 aromatic heterocycles. The average Bonchev–Trinajstić information content (AvgIpc) is 2.69. The minimum absolute atomic E-state index is 0.491. The van der Waals surface area contributed by atoms with E-state index in [1.165, 1.54) is 11.1 Å². The van der Waals surface area contributed by atoms with Crippen LogP contribution in [0.15, 0.2) is 72.8 Å². The zero-order valence-electron chi connectivity index (χ0n) is 14.9. The number of aromatic nitrogens is 1. The zero-order chi connectivity index (χ0) is 18.1. The molecule has 26 heavy (non-hydrogen) atoms. The topological polar surface area (TPSA) is 30.0 Å². The fourth-order valence-corrected chi connectivity index (χ4v) is 3.28. The highest BCUT2D eigenvalue weighted by Gasteiger charge is 2.10. The number of carbonyl (C=O) groups is 1. The van der Waals surface area contributed by atoms with Crippen LogP contribution < -0.4 is 0 Å². The van der Waals surface area contributed by atoms with E-state index >= 15 is 0 Å². The lowest BCUT2D eigenvalue weighted by atomic mass is 9.98. The van der Waals surface area contributed by atoms with Gasteiger partial charge in [-0.15, -0.1) is 0 Å². The molecule has 0 unspecified atom stereocenters. The SMILES string of the molecule is Cc1cc2cc(-c3cccc(-c4ccccc4)c3)nc(C=O)c2cc1C. The highest BCUT2D eigenvalue weighted by Crippen LogP contribution is 2.29. The van der Waals surface area contributed by atoms with Crippen LogP contribution in [0.4, 0.5) is 0 Å². The molecule has 0 fully saturated rings. The normalized spacial score (nSPS) is 10.8. The minimum atomic E-state index is 0.491. The monoisotopic (exact) mass is 337 g/mol. The van der Waals surface area contributed by atoms with E-state index in [1.807, 2.05) is 36.4 Å². The number of carbonyl (C=O) groups excluding carboxylic acids is 1. The van der Waals surface area contributed by atoms with Gasteiger partial charge in [-0.1, -0.05) is 54.6 Å². The van der Waals surface area contributed by atoms with Crippen molar-refractivity contribution in [3.8, 4) is 22.4 Å². The quantitative estimate of drug-likeness (QED) is 0.429. The second kappa shape index (κ2) is 6.57. The number of hydrogen-bond donors (Lipinski definition) is 0. The van der Waals surface area contributed by atoms with Crippen molar-refractivity contribution in [2.24, 2.45) is 0 Å². The molecule has 4 rings (SSSR count). The van der Waals surface area contributed by atoms with Crippen LogP contribution >= 0.6 is 0 Å². The number of rotatable bonds is 3. The molecule has 0 spiro atoms. The van der Waals surface area contributed by atoms with Crippen molar-refractivity contribution in [1.29, 1.82) is 0 Å². The summed E-state index contributed by atoms with van der Waals surface area (Å²) < 4.78 is 0. The molecule has 1 heterocycles. The Hall–Kier alpha value is -3.26. The summed E-state index contributed by atoms with van der Waals surface area (Å²) in [5, 5.41) is 1.95. The Morgan fingerprint density at radius 2 is 1.42 bits per heavy atom. The zero-order valence-corrected chi connectivity index (χ0v) is 14.9. The summed E-state index contributed by atoms with van der Waals surface area (Å²) in [6.07, 6.45) is 0.849. The van der Waals surface area contributed by atoms with E-state index in [9.17, 15) is 4.79 Å². The highest BCUT2D eigenvalue weighted by atomic mass is 16.1. The van der Waals surface area contributed by atoms with Gasteiger partial charge in [-0.05, 0) is 59.7 Å². The molecule has 3 aromatic carbocycles. The predicted octanol–water partition coefficient (Wildman–Crippen LogP) is 6.00. The smallest absolute Gasteiger partial charge is 0.169 e. The van der Waals surface area contributed by atoms with Crippen molar-refractivity contribution in [3.63, 3.8) is 0 Å². The van der Waals surface area contributed by atoms with Crippen molar-refractivity contribution in [2.75, 3.05) is 0 Å². The maximum Gasteiger partial charge on any atom is 0.169 e. The summed E-state index contributed by atoms with van der Waals surface area (Å²) >= 11 is 0. The third-order valence-electron chi connectivity index (χ3n) is 4.85. The molecule has 0 amide bonds. The van der Waals surface area contributed by atoms with Gasteiger partial charge < -0.3 is 0 Å². The van der Waals surface area contributed by atoms with E-state index in [0.717, 1.165) is 39.4 Å². The Morgan fingerprint density at radius 3 is 2.19 bits per heavy atom. The Bertz CT molecular complexity index is 1110. The standard InChI is InChI=1S/C24H19NO/c1-16-11-21-14-23(25-24(15-26)22(21)12-17(16)2)20-10-6-9-19(13-20)18-7-4-3-5-8-18/h3-15H,1-2H3. The molecular weight excluding hydrogens is 318 g/mol. The predicted molar refractivity (Wildman–Crippen MR) is 107 cm³/mol. The molecule has 0 aliphatic heterocycles. The summed E-state index contributed by atoms with van der Waals surface area (Å²) in [5.74, 6) is 0. The van der Waals surface area contributed by atoms with Crippen LogP contribution in [-0.2, 0) is 0 Å². The van der Waals surface area contributed by atoms with Crippen molar-refractivity contribution in [3.05, 3.63) is 89.6 Å². The number of fused-ring (bicyclic) bond motifs is 1. The third kappa shape index (κ3) is 2.91. The van der Waals surface area contributed by atoms with Gasteiger partial charge in [-0.25, -0.2) is 4.98 Å². The van der Waals surface area contributed by atoms with Gasteiger partial charge in [0.1, 0.15) is 5.69 Å². The first-order valence-corrected chi connectivity index (χ1v) is 8.69. The molecule has 0 bridgehead atoms. The minimum Gasteiger partial charge on any atom is -0.296 e. The van der Waals surface area contributed by atoms with Crippen LogP contribution in [0.2, 0.25) is 0 Å². The lowest BCUT2D eigenvalue weighted by Crippen LogP contribution is -1.95. The summed E-state index contributed by atoms with van der Waals surface area (Å²) in [6.45, 7) is 4.14. The van der Waals surface area contributed by atoms with Gasteiger partial charge in [0.2, 0.25) is 0 Å². The number of aldehydes is 1. The maximum absolute atomic E-state index is 11.6. The van der Waals surface area contributed by atoms with Crippen molar-refractivity contribution < 1.29 is 4.79 Å². The molecule has 0 N–H and O–H groups in total. The van der Waals surface area contributed by atoms with Crippen LogP contribution in [0, 0.1) is 13.8 Å². The van der Waals surface area contributed by atoms with Crippen molar-refractivity contribution in [1.82, 2.24) is 4.98 Å². The van der Waals surface area contributed by atoms with Crippen LogP contribution in [0.25, 0.3) is 33.2 Å². The molecule has 0 saturated heterocycles. The van der Waals surface area contributed by atoms with E-state index in [0.29, 0.717) is 5.69 Å². The lowest BCUT2D eigenvalue weighted by molar-refractivity contribution is 0.112. The maximum atomic E-state index is 11.6. The average molecular weight is 337 g/mol. The molecule has 0 aliphatic rings. The van der Waals surface area contributed by atoms with Gasteiger partial charge in [-0.3, -0.25) is 4.79 Å². The summed E-state index contributed by atoms with van der Waals surface area (Å²) in [5.41, 5.74) is 7.00. The van der Waals surface area contributed by atoms with E-state index in [2.05, 4.69) is 55.2 Å². The number of aryl methyl sites for hydroxylation is 2. The van der Waals surface area contributed by atoms with Gasteiger partial charge in [-0.2, -0.15) is 0 Å². The second-order valence-corrected chi connectivity index (χ2v) is 6.62. The molecule has 0 atom stereocenters. The Labute approximate surface area is 153 Å². The molecule has 126 valence electrons. The Kier molecular flexibility index (Phi) is 4.10. The van der Waals surface area contributed by atoms with Gasteiger partial charge in [0.15, 0.2) is 6.29 Å². The number of pyridine rings is 1. The fourth-order valence-electron chi connectivity index (χ4n) is 3.28. The molecule has 2 nitrogen and oxygen atoms in total. The first-order valence-electron chi connectivity index (χ1n) is 8.69. The second-order valence-electron chi connectivity index (χ2n) is 6.62. The van der Waals surface area contributed by atoms with Gasteiger partial charge in [0, 0.05) is 10.9 Å². The summed E-state index contributed by atoms with van der Waals surface area (Å²) in [4.78, 5) is 16.3. The Morgan fingerprint density at radius 1 is 0.731 bits per heavy atom. The van der Waals surface area contributed by atoms with Crippen LogP contribution in [0.5, 0.6) is 0 Å². The van der Waals surface area contributed by atoms with Crippen molar-refractivity contribution in [2.45, 2.75) is 13.8 Å². The third-order valence-corrected chi connectivity index (χ3v) is 4.85. The van der Waals surface area contributed by atoms with E-state index in [4.69, 9.17) is 0 Å². The van der Waals surface area contributed by atoms with E-state index in [-0.39, 0.29) is 0 Å². The van der Waals surface area contributed by atoms with Crippen LogP contribution in [-0.4, -0.2) is 11.3 Å². The number of benzene rings is 3. The molecule has 0 radical (unpaired) electrons. The van der Waals surface area contributed by atoms with Crippen LogP contribution in [0.3, 0.4) is 0 Å². The summed E-state index contributed by atoms with van der Waals surface area (Å²) in [7, 11) is 0. The van der Waals surface area contributed by atoms with Gasteiger partial charge in [0.05, 0.1) is 5.69 Å². The fraction of sp³-hybridized carbons (Fsp3) is 0.0833. The Balaban J connectivity index is 1.89. The molecule has 0 aliphatic carbocycles. The summed E-state index contributed by atoms with van der Waals surface area (Å²) in [6, 6.07) is 24.8. The van der Waals surface area contributed by atoms with Crippen molar-refractivity contribution >= 4 is 17.1 Å². The first-order chi connectivity index (χ1) is 12.7. The van der Waals surface area contributed by atoms with Gasteiger partial charge >= 0.3 is 0 Å². The largest absolute Gasteiger partial charge is 0.296 e. The molecular formula is C24H19NO. The molecule has 0 saturated carbocycles. The lowest BCUT2D eigenvalue weighted by Gasteiger charge is -2.10. The number of nitrogens with zero attached hydrogens (tertiary/aromatic N) is 1. The van der Waals surface area contributed by atoms with Gasteiger partial charge in [0.25, 0.3) is 0 Å².